The van der Waals surface area contributed by atoms with Crippen LogP contribution in [0, 0.1) is 0 Å². The Bertz CT molecular complexity index is 1130. The monoisotopic (exact) mass is 356 g/mol. The van der Waals surface area contributed by atoms with Crippen molar-refractivity contribution in [3.05, 3.63) is 66.7 Å². The van der Waals surface area contributed by atoms with Gasteiger partial charge in [-0.05, 0) is 49.5 Å². The molecule has 3 aromatic carbocycles. The minimum atomic E-state index is -0.400. The lowest BCUT2D eigenvalue weighted by Crippen LogP contribution is -2.36. The van der Waals surface area contributed by atoms with E-state index in [4.69, 9.17) is 13.7 Å². The molecule has 0 aliphatic carbocycles. The normalized spacial score (nSPS) is 19.2. The van der Waals surface area contributed by atoms with Crippen LogP contribution in [0.2, 0.25) is 0 Å². The van der Waals surface area contributed by atoms with Crippen LogP contribution in [0.5, 0.6) is 0 Å². The maximum atomic E-state index is 6.29. The average Bonchev–Trinajstić information content (AvgIpc) is 3.18. The molecule has 4 aromatic rings. The van der Waals surface area contributed by atoms with Gasteiger partial charge in [0.15, 0.2) is 0 Å². The summed E-state index contributed by atoms with van der Waals surface area (Å²) in [6.07, 6.45) is 0.0166. The molecule has 1 atom stereocenters. The first-order valence-corrected chi connectivity index (χ1v) is 9.37. The smallest absolute Gasteiger partial charge is 0.456 e. The van der Waals surface area contributed by atoms with Crippen LogP contribution < -0.4 is 5.46 Å². The van der Waals surface area contributed by atoms with Gasteiger partial charge in [0.2, 0.25) is 0 Å². The minimum Gasteiger partial charge on any atom is -0.456 e. The van der Waals surface area contributed by atoms with Crippen molar-refractivity contribution in [3.63, 3.8) is 0 Å². The molecular formula is C23H21BO3. The summed E-state index contributed by atoms with van der Waals surface area (Å²) in [6.45, 7) is 6.21. The first-order chi connectivity index (χ1) is 13.0. The molecule has 0 radical (unpaired) electrons. The standard InChI is InChI=1S/C23H21BO3/c1-15-23(2,3)27-24(26-15)18-13-14-20-22(17-11-7-8-12-19(17)25-20)21(18)16-9-5-4-6-10-16/h4-15H,1-3H3. The molecule has 1 aliphatic rings. The highest BCUT2D eigenvalue weighted by molar-refractivity contribution is 6.64. The van der Waals surface area contributed by atoms with Gasteiger partial charge in [0.25, 0.3) is 0 Å². The molecule has 1 aliphatic heterocycles. The molecule has 0 N–H and O–H groups in total. The summed E-state index contributed by atoms with van der Waals surface area (Å²) in [5.74, 6) is 0. The van der Waals surface area contributed by atoms with Gasteiger partial charge in [-0.2, -0.15) is 0 Å². The molecule has 1 unspecified atom stereocenters. The lowest BCUT2D eigenvalue weighted by molar-refractivity contribution is 0.0842. The maximum Gasteiger partial charge on any atom is 0.495 e. The topological polar surface area (TPSA) is 31.6 Å². The fourth-order valence-corrected chi connectivity index (χ4v) is 3.83. The molecule has 27 heavy (non-hydrogen) atoms. The SMILES string of the molecule is CC1OB(c2ccc3oc4ccccc4c3c2-c2ccccc2)OC1(C)C. The molecule has 4 heteroatoms. The van der Waals surface area contributed by atoms with Crippen molar-refractivity contribution in [1.82, 2.24) is 0 Å². The van der Waals surface area contributed by atoms with Crippen LogP contribution in [0.15, 0.2) is 71.1 Å². The van der Waals surface area contributed by atoms with Crippen molar-refractivity contribution in [2.75, 3.05) is 0 Å². The van der Waals surface area contributed by atoms with Crippen LogP contribution in [-0.2, 0) is 9.31 Å². The lowest BCUT2D eigenvalue weighted by atomic mass is 9.73. The van der Waals surface area contributed by atoms with Crippen LogP contribution in [0.1, 0.15) is 20.8 Å². The van der Waals surface area contributed by atoms with Crippen LogP contribution in [0.4, 0.5) is 0 Å². The third-order valence-corrected chi connectivity index (χ3v) is 5.61. The quantitative estimate of drug-likeness (QED) is 0.465. The number of hydrogen-bond donors (Lipinski definition) is 0. The van der Waals surface area contributed by atoms with E-state index in [0.29, 0.717) is 0 Å². The van der Waals surface area contributed by atoms with E-state index < -0.39 is 7.12 Å². The first-order valence-electron chi connectivity index (χ1n) is 9.37. The summed E-state index contributed by atoms with van der Waals surface area (Å²) in [7, 11) is -0.400. The van der Waals surface area contributed by atoms with Gasteiger partial charge in [0.1, 0.15) is 11.2 Å². The highest BCUT2D eigenvalue weighted by atomic mass is 16.7. The Morgan fingerprint density at radius 3 is 2.33 bits per heavy atom. The van der Waals surface area contributed by atoms with Gasteiger partial charge in [-0.3, -0.25) is 0 Å². The van der Waals surface area contributed by atoms with E-state index >= 15 is 0 Å². The van der Waals surface area contributed by atoms with Crippen LogP contribution >= 0.6 is 0 Å². The zero-order chi connectivity index (χ0) is 18.6. The van der Waals surface area contributed by atoms with Crippen LogP contribution in [-0.4, -0.2) is 18.8 Å². The Morgan fingerprint density at radius 1 is 0.852 bits per heavy atom. The second-order valence-corrected chi connectivity index (χ2v) is 7.70. The highest BCUT2D eigenvalue weighted by Gasteiger charge is 2.45. The molecule has 134 valence electrons. The van der Waals surface area contributed by atoms with Gasteiger partial charge in [0.05, 0.1) is 11.7 Å². The molecule has 1 aromatic heterocycles. The number of furan rings is 1. The fourth-order valence-electron chi connectivity index (χ4n) is 3.83. The summed E-state index contributed by atoms with van der Waals surface area (Å²) in [5.41, 5.74) is 4.74. The van der Waals surface area contributed by atoms with E-state index in [9.17, 15) is 0 Å². The number of benzene rings is 3. The summed E-state index contributed by atoms with van der Waals surface area (Å²) >= 11 is 0. The Labute approximate surface area is 159 Å². The molecule has 1 fully saturated rings. The van der Waals surface area contributed by atoms with Gasteiger partial charge in [0, 0.05) is 10.8 Å². The maximum absolute atomic E-state index is 6.29. The van der Waals surface area contributed by atoms with E-state index in [2.05, 4.69) is 57.2 Å². The molecule has 0 saturated carbocycles. The Kier molecular flexibility index (Phi) is 3.68. The van der Waals surface area contributed by atoms with Crippen LogP contribution in [0.25, 0.3) is 33.1 Å². The summed E-state index contributed by atoms with van der Waals surface area (Å²) in [6, 6.07) is 22.7. The van der Waals surface area contributed by atoms with Crippen molar-refractivity contribution in [2.45, 2.75) is 32.5 Å². The molecule has 5 rings (SSSR count). The lowest BCUT2D eigenvalue weighted by Gasteiger charge is -2.21. The zero-order valence-corrected chi connectivity index (χ0v) is 15.7. The Balaban J connectivity index is 1.82. The second-order valence-electron chi connectivity index (χ2n) is 7.70. The average molecular weight is 356 g/mol. The van der Waals surface area contributed by atoms with Gasteiger partial charge < -0.3 is 13.7 Å². The van der Waals surface area contributed by atoms with E-state index in [-0.39, 0.29) is 11.7 Å². The molecule has 0 spiro atoms. The minimum absolute atomic E-state index is 0.0166. The van der Waals surface area contributed by atoms with Crippen molar-refractivity contribution >= 4 is 34.5 Å². The third-order valence-electron chi connectivity index (χ3n) is 5.61. The van der Waals surface area contributed by atoms with E-state index in [1.807, 2.05) is 30.3 Å². The number of para-hydroxylation sites is 1. The molecular weight excluding hydrogens is 335 g/mol. The molecule has 3 nitrogen and oxygen atoms in total. The Morgan fingerprint density at radius 2 is 1.59 bits per heavy atom. The summed E-state index contributed by atoms with van der Waals surface area (Å²) < 4.78 is 18.6. The number of hydrogen-bond acceptors (Lipinski definition) is 3. The molecule has 2 heterocycles. The Hall–Kier alpha value is -2.56. The third kappa shape index (κ3) is 2.60. The van der Waals surface area contributed by atoms with E-state index in [1.54, 1.807) is 0 Å². The predicted octanol–water partition coefficient (Wildman–Crippen LogP) is 5.16. The largest absolute Gasteiger partial charge is 0.495 e. The highest BCUT2D eigenvalue weighted by Crippen LogP contribution is 2.37. The summed E-state index contributed by atoms with van der Waals surface area (Å²) in [5, 5.41) is 2.22. The van der Waals surface area contributed by atoms with Crippen molar-refractivity contribution in [1.29, 1.82) is 0 Å². The van der Waals surface area contributed by atoms with Gasteiger partial charge in [-0.15, -0.1) is 0 Å². The van der Waals surface area contributed by atoms with Crippen molar-refractivity contribution < 1.29 is 13.7 Å². The van der Waals surface area contributed by atoms with Crippen molar-refractivity contribution in [2.24, 2.45) is 0 Å². The van der Waals surface area contributed by atoms with Crippen molar-refractivity contribution in [3.8, 4) is 11.1 Å². The van der Waals surface area contributed by atoms with Gasteiger partial charge in [-0.1, -0.05) is 54.6 Å². The molecule has 0 bridgehead atoms. The predicted molar refractivity (Wildman–Crippen MR) is 110 cm³/mol. The first kappa shape index (κ1) is 16.6. The van der Waals surface area contributed by atoms with Gasteiger partial charge >= 0.3 is 7.12 Å². The molecule has 1 saturated heterocycles. The molecule has 0 amide bonds. The van der Waals surface area contributed by atoms with Crippen LogP contribution in [0.3, 0.4) is 0 Å². The van der Waals surface area contributed by atoms with E-state index in [1.165, 1.54) is 0 Å². The number of fused-ring (bicyclic) bond motifs is 3. The van der Waals surface area contributed by atoms with Gasteiger partial charge in [-0.25, -0.2) is 0 Å². The zero-order valence-electron chi connectivity index (χ0n) is 15.7. The van der Waals surface area contributed by atoms with E-state index in [0.717, 1.165) is 38.5 Å². The second kappa shape index (κ2) is 5.98. The fraction of sp³-hybridized carbons (Fsp3) is 0.217. The summed E-state index contributed by atoms with van der Waals surface area (Å²) in [4.78, 5) is 0. The number of rotatable bonds is 2.